The smallest absolute Gasteiger partial charge is 0.102 e. The van der Waals surface area contributed by atoms with Crippen LogP contribution in [0, 0.1) is 6.58 Å². The van der Waals surface area contributed by atoms with E-state index in [0.29, 0.717) is 0 Å². The van der Waals surface area contributed by atoms with Crippen LogP contribution in [0.25, 0.3) is 0 Å². The molecule has 0 heterocycles. The van der Waals surface area contributed by atoms with Crippen molar-refractivity contribution >= 4 is 0 Å². The lowest BCUT2D eigenvalue weighted by atomic mass is 10.1. The van der Waals surface area contributed by atoms with E-state index in [2.05, 4.69) is 11.8 Å². The van der Waals surface area contributed by atoms with Crippen LogP contribution in [-0.4, -0.2) is 0 Å². The Balaban J connectivity index is 2.82. The van der Waals surface area contributed by atoms with Crippen molar-refractivity contribution in [2.45, 2.75) is 6.42 Å². The molecular formula is C8H7+. The van der Waals surface area contributed by atoms with Crippen LogP contribution >= 0.6 is 0 Å². The summed E-state index contributed by atoms with van der Waals surface area (Å²) in [6.45, 7) is 5.22. The highest BCUT2D eigenvalue weighted by Gasteiger charge is 1.94. The second-order valence-electron chi connectivity index (χ2n) is 1.62. The Morgan fingerprint density at radius 3 is 3.00 bits per heavy atom. The van der Waals surface area contributed by atoms with Crippen LogP contribution in [0.3, 0.4) is 0 Å². The first-order valence-electron chi connectivity index (χ1n) is 2.59. The van der Waals surface area contributed by atoms with Gasteiger partial charge in [0.15, 0.2) is 6.08 Å². The Bertz CT molecular complexity index is 176. The topological polar surface area (TPSA) is 0 Å². The molecule has 1 rings (SSSR count). The molecular weight excluding hydrogens is 96.1 g/mol. The first kappa shape index (κ1) is 5.05. The van der Waals surface area contributed by atoms with Crippen LogP contribution in [0.4, 0.5) is 0 Å². The molecule has 1 aliphatic carbocycles. The Hall–Kier alpha value is -1.09. The van der Waals surface area contributed by atoms with Crippen LogP contribution in [0.15, 0.2) is 35.6 Å². The van der Waals surface area contributed by atoms with Gasteiger partial charge in [-0.05, 0) is 6.08 Å². The summed E-state index contributed by atoms with van der Waals surface area (Å²) in [6, 6.07) is 0. The van der Waals surface area contributed by atoms with Crippen LogP contribution in [0.5, 0.6) is 0 Å². The Morgan fingerprint density at radius 2 is 2.62 bits per heavy atom. The summed E-state index contributed by atoms with van der Waals surface area (Å²) in [5, 5.41) is 0. The molecule has 0 aliphatic heterocycles. The van der Waals surface area contributed by atoms with Gasteiger partial charge in [-0.3, -0.25) is 0 Å². The zero-order chi connectivity index (χ0) is 5.82. The second-order valence-corrected chi connectivity index (χ2v) is 1.62. The number of hydrogen-bond donors (Lipinski definition) is 0. The normalized spacial score (nSPS) is 15.6. The van der Waals surface area contributed by atoms with E-state index in [4.69, 9.17) is 6.58 Å². The predicted octanol–water partition coefficient (Wildman–Crippen LogP) is 2.02. The second kappa shape index (κ2) is 2.28. The molecule has 0 fully saturated rings. The molecule has 0 saturated heterocycles. The van der Waals surface area contributed by atoms with Crippen molar-refractivity contribution in [2.24, 2.45) is 0 Å². The fraction of sp³-hybridized carbons (Fsp3) is 0.125. The molecule has 8 heavy (non-hydrogen) atoms. The lowest BCUT2D eigenvalue weighted by Gasteiger charge is -1.82. The Labute approximate surface area is 49.5 Å². The Kier molecular flexibility index (Phi) is 1.44. The molecule has 0 radical (unpaired) electrons. The van der Waals surface area contributed by atoms with Gasteiger partial charge in [-0.1, -0.05) is 0 Å². The molecule has 0 N–H and O–H groups in total. The van der Waals surface area contributed by atoms with Crippen molar-refractivity contribution in [3.05, 3.63) is 42.2 Å². The van der Waals surface area contributed by atoms with Gasteiger partial charge < -0.3 is 0 Å². The maximum atomic E-state index is 5.22. The summed E-state index contributed by atoms with van der Waals surface area (Å²) < 4.78 is 0. The van der Waals surface area contributed by atoms with E-state index in [-0.39, 0.29) is 0 Å². The minimum atomic E-state index is 0.958. The summed E-state index contributed by atoms with van der Waals surface area (Å²) in [7, 11) is 0. The zero-order valence-corrected chi connectivity index (χ0v) is 4.59. The monoisotopic (exact) mass is 103 g/mol. The lowest BCUT2D eigenvalue weighted by molar-refractivity contribution is 1.35. The van der Waals surface area contributed by atoms with Crippen molar-refractivity contribution in [1.82, 2.24) is 0 Å². The molecule has 0 aromatic heterocycles. The summed E-state index contributed by atoms with van der Waals surface area (Å²) in [5.74, 6) is 0. The third-order valence-corrected chi connectivity index (χ3v) is 1.03. The molecule has 0 bridgehead atoms. The number of hydrogen-bond acceptors (Lipinski definition) is 0. The van der Waals surface area contributed by atoms with Crippen LogP contribution in [0.2, 0.25) is 0 Å². The number of allylic oxidation sites excluding steroid dienone is 4. The predicted molar refractivity (Wildman–Crippen MR) is 34.2 cm³/mol. The fourth-order valence-electron chi connectivity index (χ4n) is 0.593. The third-order valence-electron chi connectivity index (χ3n) is 1.03. The molecule has 0 unspecified atom stereocenters. The highest BCUT2D eigenvalue weighted by molar-refractivity contribution is 5.31. The van der Waals surface area contributed by atoms with E-state index in [0.717, 1.165) is 12.0 Å². The molecule has 0 amide bonds. The van der Waals surface area contributed by atoms with Gasteiger partial charge >= 0.3 is 0 Å². The highest BCUT2D eigenvalue weighted by atomic mass is 13.9. The van der Waals surface area contributed by atoms with Crippen molar-refractivity contribution in [3.8, 4) is 0 Å². The van der Waals surface area contributed by atoms with E-state index in [1.165, 1.54) is 0 Å². The summed E-state index contributed by atoms with van der Waals surface area (Å²) in [5.41, 5.74) is 4.02. The van der Waals surface area contributed by atoms with Crippen molar-refractivity contribution in [2.75, 3.05) is 0 Å². The minimum absolute atomic E-state index is 0.958. The van der Waals surface area contributed by atoms with Crippen LogP contribution in [-0.2, 0) is 0 Å². The molecule has 0 spiro atoms. The average Bonchev–Trinajstić information content (AvgIpc) is 1.90. The lowest BCUT2D eigenvalue weighted by Crippen LogP contribution is -1.72. The molecule has 38 valence electrons. The Morgan fingerprint density at radius 1 is 1.75 bits per heavy atom. The molecule has 0 heteroatoms. The first-order chi connectivity index (χ1) is 3.93. The van der Waals surface area contributed by atoms with E-state index in [9.17, 15) is 0 Å². The van der Waals surface area contributed by atoms with E-state index in [1.807, 2.05) is 12.2 Å². The van der Waals surface area contributed by atoms with Gasteiger partial charge in [-0.25, -0.2) is 0 Å². The molecule has 1 aliphatic rings. The van der Waals surface area contributed by atoms with E-state index >= 15 is 0 Å². The largest absolute Gasteiger partial charge is 0.159 e. The van der Waals surface area contributed by atoms with E-state index in [1.54, 1.807) is 6.08 Å². The third kappa shape index (κ3) is 0.946. The SMILES string of the molecule is [CH+]=CC1=CCC=C=C1. The van der Waals surface area contributed by atoms with Gasteiger partial charge in [0.25, 0.3) is 0 Å². The average molecular weight is 103 g/mol. The van der Waals surface area contributed by atoms with Gasteiger partial charge in [-0.15, -0.1) is 5.73 Å². The van der Waals surface area contributed by atoms with Crippen molar-refractivity contribution < 1.29 is 0 Å². The van der Waals surface area contributed by atoms with Gasteiger partial charge in [0.1, 0.15) is 5.57 Å². The number of rotatable bonds is 1. The van der Waals surface area contributed by atoms with Gasteiger partial charge in [0, 0.05) is 19.1 Å². The van der Waals surface area contributed by atoms with Crippen molar-refractivity contribution in [1.29, 1.82) is 0 Å². The minimum Gasteiger partial charge on any atom is -0.102 e. The van der Waals surface area contributed by atoms with Crippen LogP contribution in [0.1, 0.15) is 6.42 Å². The summed E-state index contributed by atoms with van der Waals surface area (Å²) >= 11 is 0. The maximum absolute atomic E-state index is 5.22. The quantitative estimate of drug-likeness (QED) is 0.352. The standard InChI is InChI=1S/C8H7/c1-2-8-6-4-3-5-7-8/h1-3,6-7H,4H2/q+1. The highest BCUT2D eigenvalue weighted by Crippen LogP contribution is 2.03. The van der Waals surface area contributed by atoms with Crippen molar-refractivity contribution in [3.63, 3.8) is 0 Å². The summed E-state index contributed by atoms with van der Waals surface area (Å²) in [6.07, 6.45) is 8.42. The fourth-order valence-corrected chi connectivity index (χ4v) is 0.593. The molecule has 0 nitrogen and oxygen atoms in total. The zero-order valence-electron chi connectivity index (χ0n) is 4.59. The molecule has 0 saturated carbocycles. The molecule has 0 aromatic carbocycles. The van der Waals surface area contributed by atoms with E-state index < -0.39 is 0 Å². The molecule has 0 atom stereocenters. The first-order valence-corrected chi connectivity index (χ1v) is 2.59. The maximum Gasteiger partial charge on any atom is 0.159 e. The summed E-state index contributed by atoms with van der Waals surface area (Å²) in [4.78, 5) is 0. The molecule has 0 aromatic rings. The van der Waals surface area contributed by atoms with Gasteiger partial charge in [-0.2, -0.15) is 0 Å². The van der Waals surface area contributed by atoms with Gasteiger partial charge in [0.05, 0.1) is 6.08 Å². The van der Waals surface area contributed by atoms with Gasteiger partial charge in [0.2, 0.25) is 0 Å². The van der Waals surface area contributed by atoms with Crippen LogP contribution < -0.4 is 0 Å².